The molecule has 0 N–H and O–H groups in total. The number of carbonyl (C=O) groups excluding carboxylic acids is 1. The number of ether oxygens (including phenoxy) is 1. The summed E-state index contributed by atoms with van der Waals surface area (Å²) in [6.07, 6.45) is 1.60. The monoisotopic (exact) mass is 270 g/mol. The van der Waals surface area contributed by atoms with Crippen molar-refractivity contribution in [2.45, 2.75) is 33.0 Å². The van der Waals surface area contributed by atoms with Gasteiger partial charge in [0.05, 0.1) is 12.7 Å². The van der Waals surface area contributed by atoms with Crippen molar-refractivity contribution in [2.24, 2.45) is 0 Å². The molecule has 0 unspecified atom stereocenters. The van der Waals surface area contributed by atoms with E-state index in [-0.39, 0.29) is 6.10 Å². The lowest BCUT2D eigenvalue weighted by atomic mass is 10.1. The predicted molar refractivity (Wildman–Crippen MR) is 63.8 cm³/mol. The topological polar surface area (TPSA) is 26.3 Å². The molecule has 0 aliphatic heterocycles. The molecule has 0 saturated heterocycles. The molecule has 0 spiro atoms. The average Bonchev–Trinajstić information content (AvgIpc) is 2.17. The molecule has 0 amide bonds. The number of carbonyl (C=O) groups is 1. The standard InChI is InChI=1S/C12H15BrO2/c1-9(2)15-8-11-4-3-10(5-6-14)7-12(11)13/h3-4,6-7,9H,5,8H2,1-2H3. The minimum Gasteiger partial charge on any atom is -0.374 e. The van der Waals surface area contributed by atoms with Crippen LogP contribution in [0.5, 0.6) is 0 Å². The zero-order valence-electron chi connectivity index (χ0n) is 9.00. The van der Waals surface area contributed by atoms with Gasteiger partial charge in [0.15, 0.2) is 0 Å². The lowest BCUT2D eigenvalue weighted by molar-refractivity contribution is -0.107. The van der Waals surface area contributed by atoms with Crippen LogP contribution in [0.1, 0.15) is 25.0 Å². The number of halogens is 1. The largest absolute Gasteiger partial charge is 0.374 e. The first-order valence-corrected chi connectivity index (χ1v) is 5.75. The van der Waals surface area contributed by atoms with E-state index in [1.54, 1.807) is 0 Å². The summed E-state index contributed by atoms with van der Waals surface area (Å²) in [6, 6.07) is 5.91. The van der Waals surface area contributed by atoms with Gasteiger partial charge in [-0.3, -0.25) is 0 Å². The van der Waals surface area contributed by atoms with Crippen molar-refractivity contribution in [3.05, 3.63) is 33.8 Å². The van der Waals surface area contributed by atoms with Crippen LogP contribution in [-0.2, 0) is 22.6 Å². The van der Waals surface area contributed by atoms with Crippen LogP contribution in [-0.4, -0.2) is 12.4 Å². The molecule has 0 radical (unpaired) electrons. The maximum absolute atomic E-state index is 10.3. The molecule has 82 valence electrons. The van der Waals surface area contributed by atoms with Crippen molar-refractivity contribution in [3.8, 4) is 0 Å². The van der Waals surface area contributed by atoms with Crippen molar-refractivity contribution in [1.29, 1.82) is 0 Å². The van der Waals surface area contributed by atoms with E-state index in [0.717, 1.165) is 21.9 Å². The Bertz CT molecular complexity index is 334. The van der Waals surface area contributed by atoms with Gasteiger partial charge in [-0.25, -0.2) is 0 Å². The van der Waals surface area contributed by atoms with E-state index in [2.05, 4.69) is 15.9 Å². The van der Waals surface area contributed by atoms with E-state index >= 15 is 0 Å². The maximum Gasteiger partial charge on any atom is 0.124 e. The van der Waals surface area contributed by atoms with Crippen molar-refractivity contribution >= 4 is 22.2 Å². The van der Waals surface area contributed by atoms with Crippen LogP contribution < -0.4 is 0 Å². The zero-order chi connectivity index (χ0) is 11.3. The molecule has 0 bridgehead atoms. The van der Waals surface area contributed by atoms with Crippen LogP contribution in [0.25, 0.3) is 0 Å². The number of aldehydes is 1. The van der Waals surface area contributed by atoms with Crippen LogP contribution in [0.15, 0.2) is 22.7 Å². The van der Waals surface area contributed by atoms with Gasteiger partial charge < -0.3 is 9.53 Å². The fourth-order valence-electron chi connectivity index (χ4n) is 1.19. The van der Waals surface area contributed by atoms with E-state index in [9.17, 15) is 4.79 Å². The summed E-state index contributed by atoms with van der Waals surface area (Å²) in [5.74, 6) is 0. The first-order chi connectivity index (χ1) is 7.13. The highest BCUT2D eigenvalue weighted by molar-refractivity contribution is 9.10. The fourth-order valence-corrected chi connectivity index (χ4v) is 1.73. The highest BCUT2D eigenvalue weighted by Gasteiger charge is 2.02. The Morgan fingerprint density at radius 1 is 1.47 bits per heavy atom. The molecule has 0 atom stereocenters. The molecule has 0 aliphatic carbocycles. The molecule has 1 aromatic rings. The Morgan fingerprint density at radius 2 is 2.20 bits per heavy atom. The van der Waals surface area contributed by atoms with Gasteiger partial charge in [0.1, 0.15) is 6.29 Å². The van der Waals surface area contributed by atoms with Crippen LogP contribution >= 0.6 is 15.9 Å². The Labute approximate surface area is 98.8 Å². The fraction of sp³-hybridized carbons (Fsp3) is 0.417. The van der Waals surface area contributed by atoms with E-state index in [0.29, 0.717) is 13.0 Å². The lowest BCUT2D eigenvalue weighted by Gasteiger charge is -2.09. The predicted octanol–water partition coefficient (Wildman–Crippen LogP) is 3.12. The van der Waals surface area contributed by atoms with Gasteiger partial charge in [-0.2, -0.15) is 0 Å². The molecular weight excluding hydrogens is 256 g/mol. The minimum absolute atomic E-state index is 0.228. The van der Waals surface area contributed by atoms with E-state index < -0.39 is 0 Å². The first kappa shape index (κ1) is 12.4. The quantitative estimate of drug-likeness (QED) is 0.769. The Morgan fingerprint density at radius 3 is 2.73 bits per heavy atom. The zero-order valence-corrected chi connectivity index (χ0v) is 10.6. The van der Waals surface area contributed by atoms with E-state index in [4.69, 9.17) is 4.74 Å². The molecule has 0 saturated carbocycles. The van der Waals surface area contributed by atoms with Gasteiger partial charge in [-0.05, 0) is 31.0 Å². The number of rotatable bonds is 5. The SMILES string of the molecule is CC(C)OCc1ccc(CC=O)cc1Br. The summed E-state index contributed by atoms with van der Waals surface area (Å²) in [6.45, 7) is 4.61. The van der Waals surface area contributed by atoms with Gasteiger partial charge in [-0.15, -0.1) is 0 Å². The smallest absolute Gasteiger partial charge is 0.124 e. The second kappa shape index (κ2) is 6.03. The van der Waals surface area contributed by atoms with E-state index in [1.807, 2.05) is 32.0 Å². The molecule has 2 nitrogen and oxygen atoms in total. The highest BCUT2D eigenvalue weighted by atomic mass is 79.9. The van der Waals surface area contributed by atoms with Crippen LogP contribution in [0.2, 0.25) is 0 Å². The average molecular weight is 271 g/mol. The normalized spacial score (nSPS) is 10.7. The van der Waals surface area contributed by atoms with Crippen LogP contribution in [0, 0.1) is 0 Å². The molecule has 3 heteroatoms. The third-order valence-electron chi connectivity index (χ3n) is 2.01. The Hall–Kier alpha value is -0.670. The molecule has 15 heavy (non-hydrogen) atoms. The molecule has 1 rings (SSSR count). The summed E-state index contributed by atoms with van der Waals surface area (Å²) in [5, 5.41) is 0. The molecule has 0 aliphatic rings. The van der Waals surface area contributed by atoms with Crippen molar-refractivity contribution in [1.82, 2.24) is 0 Å². The second-order valence-corrected chi connectivity index (χ2v) is 4.51. The molecule has 0 aromatic heterocycles. The van der Waals surface area contributed by atoms with Crippen LogP contribution in [0.3, 0.4) is 0 Å². The summed E-state index contributed by atoms with van der Waals surface area (Å²) in [7, 11) is 0. The van der Waals surface area contributed by atoms with E-state index in [1.165, 1.54) is 0 Å². The van der Waals surface area contributed by atoms with Crippen molar-refractivity contribution in [2.75, 3.05) is 0 Å². The van der Waals surface area contributed by atoms with Gasteiger partial charge >= 0.3 is 0 Å². The van der Waals surface area contributed by atoms with Gasteiger partial charge in [0.2, 0.25) is 0 Å². The molecule has 0 fully saturated rings. The Balaban J connectivity index is 2.70. The number of hydrogen-bond acceptors (Lipinski definition) is 2. The summed E-state index contributed by atoms with van der Waals surface area (Å²) in [5.41, 5.74) is 2.13. The summed E-state index contributed by atoms with van der Waals surface area (Å²) >= 11 is 3.47. The Kier molecular flexibility index (Phi) is 4.99. The molecule has 0 heterocycles. The maximum atomic E-state index is 10.3. The number of hydrogen-bond donors (Lipinski definition) is 0. The third kappa shape index (κ3) is 4.14. The second-order valence-electron chi connectivity index (χ2n) is 3.66. The highest BCUT2D eigenvalue weighted by Crippen LogP contribution is 2.20. The number of benzene rings is 1. The summed E-state index contributed by atoms with van der Waals surface area (Å²) in [4.78, 5) is 10.3. The van der Waals surface area contributed by atoms with Crippen LogP contribution in [0.4, 0.5) is 0 Å². The van der Waals surface area contributed by atoms with Gasteiger partial charge in [0, 0.05) is 10.9 Å². The van der Waals surface area contributed by atoms with Gasteiger partial charge in [0.25, 0.3) is 0 Å². The van der Waals surface area contributed by atoms with Crippen molar-refractivity contribution in [3.63, 3.8) is 0 Å². The minimum atomic E-state index is 0.228. The summed E-state index contributed by atoms with van der Waals surface area (Å²) < 4.78 is 6.51. The molecular formula is C12H15BrO2. The van der Waals surface area contributed by atoms with Gasteiger partial charge in [-0.1, -0.05) is 28.1 Å². The molecule has 1 aromatic carbocycles. The van der Waals surface area contributed by atoms with Crippen molar-refractivity contribution < 1.29 is 9.53 Å². The first-order valence-electron chi connectivity index (χ1n) is 4.96. The lowest BCUT2D eigenvalue weighted by Crippen LogP contribution is -2.03. The third-order valence-corrected chi connectivity index (χ3v) is 2.75.